The topological polar surface area (TPSA) is 126 Å². The fourth-order valence-electron chi connectivity index (χ4n) is 8.66. The summed E-state index contributed by atoms with van der Waals surface area (Å²) in [5.74, 6) is -0.950. The van der Waals surface area contributed by atoms with E-state index in [2.05, 4.69) is 27.7 Å². The Hall–Kier alpha value is -1.29. The van der Waals surface area contributed by atoms with Crippen molar-refractivity contribution in [2.45, 2.75) is 102 Å². The van der Waals surface area contributed by atoms with Crippen LogP contribution < -0.4 is 0 Å². The van der Waals surface area contributed by atoms with Gasteiger partial charge in [0.05, 0.1) is 18.8 Å². The molecule has 0 spiro atoms. The van der Waals surface area contributed by atoms with Gasteiger partial charge in [-0.2, -0.15) is 0 Å². The molecule has 2 aliphatic heterocycles. The second kappa shape index (κ2) is 7.17. The molecule has 0 amide bonds. The largest absolute Gasteiger partial charge is 0.455 e. The van der Waals surface area contributed by atoms with Gasteiger partial charge in [0, 0.05) is 23.7 Å². The normalized spacial score (nSPS) is 54.2. The molecule has 35 heavy (non-hydrogen) atoms. The van der Waals surface area contributed by atoms with E-state index >= 15 is 0 Å². The summed E-state index contributed by atoms with van der Waals surface area (Å²) < 4.78 is 18.0. The lowest BCUT2D eigenvalue weighted by molar-refractivity contribution is -0.342. The minimum absolute atomic E-state index is 0.0320. The first-order chi connectivity index (χ1) is 16.3. The molecule has 8 nitrogen and oxygen atoms in total. The van der Waals surface area contributed by atoms with E-state index in [0.717, 1.165) is 12.8 Å². The number of carbonyl (C=O) groups excluding carboxylic acids is 1. The third-order valence-corrected chi connectivity index (χ3v) is 10.6. The predicted molar refractivity (Wildman–Crippen MR) is 124 cm³/mol. The summed E-state index contributed by atoms with van der Waals surface area (Å²) in [7, 11) is 0. The molecule has 8 heteroatoms. The minimum atomic E-state index is -1.98. The fourth-order valence-corrected chi connectivity index (χ4v) is 8.66. The minimum Gasteiger partial charge on any atom is -0.455 e. The lowest BCUT2D eigenvalue weighted by atomic mass is 9.51. The lowest BCUT2D eigenvalue weighted by Gasteiger charge is -2.57. The molecule has 4 N–H and O–H groups in total. The molecule has 0 aromatic rings. The van der Waals surface area contributed by atoms with E-state index in [1.807, 2.05) is 6.08 Å². The standard InChI is InChI=1S/C27H38O8/c1-12(2)15-10-17(29)25(5)9-8-24(4)16(18(15)25)7-6-14-19-21(24)35-23-27(19,32)22(30)26(31,11-33-23)20(14)34-13(3)28/h6,12,16-17,19-23,29-32H,7-11H2,1-5H3. The summed E-state index contributed by atoms with van der Waals surface area (Å²) >= 11 is 0. The molecule has 11 unspecified atom stereocenters. The van der Waals surface area contributed by atoms with Gasteiger partial charge in [-0.15, -0.1) is 0 Å². The van der Waals surface area contributed by atoms with E-state index in [1.165, 1.54) is 18.1 Å². The van der Waals surface area contributed by atoms with E-state index in [0.29, 0.717) is 24.3 Å². The van der Waals surface area contributed by atoms with Crippen molar-refractivity contribution in [2.75, 3.05) is 6.61 Å². The number of fused-ring (bicyclic) bond motifs is 5. The van der Waals surface area contributed by atoms with Crippen molar-refractivity contribution in [1.29, 1.82) is 0 Å². The van der Waals surface area contributed by atoms with E-state index in [1.54, 1.807) is 0 Å². The Labute approximate surface area is 205 Å². The molecule has 0 aromatic carbocycles. The van der Waals surface area contributed by atoms with Gasteiger partial charge in [0.2, 0.25) is 0 Å². The van der Waals surface area contributed by atoms with Crippen LogP contribution in [0.25, 0.3) is 0 Å². The Morgan fingerprint density at radius 3 is 2.57 bits per heavy atom. The van der Waals surface area contributed by atoms with Gasteiger partial charge in [-0.05, 0) is 43.1 Å². The van der Waals surface area contributed by atoms with Crippen molar-refractivity contribution in [1.82, 2.24) is 0 Å². The van der Waals surface area contributed by atoms with Crippen LogP contribution in [-0.4, -0.2) is 74.9 Å². The first-order valence-electron chi connectivity index (χ1n) is 13.0. The zero-order chi connectivity index (χ0) is 25.3. The molecule has 2 heterocycles. The van der Waals surface area contributed by atoms with Gasteiger partial charge in [0.25, 0.3) is 0 Å². The first-order valence-corrected chi connectivity index (χ1v) is 13.0. The molecule has 194 valence electrons. The zero-order valence-corrected chi connectivity index (χ0v) is 21.2. The highest BCUT2D eigenvalue weighted by Gasteiger charge is 2.78. The summed E-state index contributed by atoms with van der Waals surface area (Å²) in [5.41, 5.74) is -1.40. The van der Waals surface area contributed by atoms with Gasteiger partial charge in [-0.25, -0.2) is 0 Å². The van der Waals surface area contributed by atoms with Crippen LogP contribution >= 0.6 is 0 Å². The number of aliphatic hydroxyl groups excluding tert-OH is 2. The smallest absolute Gasteiger partial charge is 0.303 e. The molecule has 6 rings (SSSR count). The van der Waals surface area contributed by atoms with Crippen LogP contribution in [0.3, 0.4) is 0 Å². The fraction of sp³-hybridized carbons (Fsp3) is 0.815. The second-order valence-corrected chi connectivity index (χ2v) is 12.7. The maximum Gasteiger partial charge on any atom is 0.303 e. The summed E-state index contributed by atoms with van der Waals surface area (Å²) in [5, 5.41) is 45.9. The molecule has 2 saturated carbocycles. The van der Waals surface area contributed by atoms with Crippen molar-refractivity contribution in [3.63, 3.8) is 0 Å². The molecule has 6 aliphatic rings. The molecule has 0 aromatic heterocycles. The number of carbonyl (C=O) groups is 1. The van der Waals surface area contributed by atoms with Crippen LogP contribution in [0.15, 0.2) is 22.8 Å². The molecular weight excluding hydrogens is 452 g/mol. The van der Waals surface area contributed by atoms with Crippen molar-refractivity contribution in [2.24, 2.45) is 28.6 Å². The van der Waals surface area contributed by atoms with Gasteiger partial charge in [-0.3, -0.25) is 4.79 Å². The summed E-state index contributed by atoms with van der Waals surface area (Å²) in [4.78, 5) is 12.1. The van der Waals surface area contributed by atoms with Crippen LogP contribution in [0.4, 0.5) is 0 Å². The number of aliphatic hydroxyl groups is 4. The van der Waals surface area contributed by atoms with Crippen LogP contribution in [0, 0.1) is 28.6 Å². The Morgan fingerprint density at radius 1 is 1.20 bits per heavy atom. The monoisotopic (exact) mass is 490 g/mol. The van der Waals surface area contributed by atoms with Crippen molar-refractivity contribution in [3.8, 4) is 0 Å². The molecule has 0 radical (unpaired) electrons. The highest BCUT2D eigenvalue weighted by atomic mass is 16.7. The number of hydrogen-bond acceptors (Lipinski definition) is 8. The molecule has 2 saturated heterocycles. The van der Waals surface area contributed by atoms with Gasteiger partial charge in [0.1, 0.15) is 6.10 Å². The third-order valence-electron chi connectivity index (χ3n) is 10.6. The average Bonchev–Trinajstić information content (AvgIpc) is 3.21. The summed E-state index contributed by atoms with van der Waals surface area (Å²) in [6.45, 7) is 9.64. The van der Waals surface area contributed by atoms with E-state index in [4.69, 9.17) is 14.2 Å². The molecule has 11 atom stereocenters. The van der Waals surface area contributed by atoms with Crippen LogP contribution in [0.5, 0.6) is 0 Å². The van der Waals surface area contributed by atoms with Crippen LogP contribution in [-0.2, 0) is 19.0 Å². The molecule has 4 aliphatic carbocycles. The summed E-state index contributed by atoms with van der Waals surface area (Å²) in [6.07, 6.45) is 0.0405. The third kappa shape index (κ3) is 2.71. The first kappa shape index (κ1) is 24.1. The molecule has 4 fully saturated rings. The number of rotatable bonds is 2. The Kier molecular flexibility index (Phi) is 4.93. The Balaban J connectivity index is 1.56. The van der Waals surface area contributed by atoms with Crippen LogP contribution in [0.2, 0.25) is 0 Å². The average molecular weight is 491 g/mol. The maximum absolute atomic E-state index is 12.1. The van der Waals surface area contributed by atoms with Gasteiger partial charge < -0.3 is 34.6 Å². The number of allylic oxidation sites excluding steroid dienone is 1. The SMILES string of the molecule is CC(=O)OC1C2=CCC3C4=C(C(C)C)CC(O)C4(C)CCC3(C)C3OC4OCC1(O)C(O)C4(O)C23. The van der Waals surface area contributed by atoms with E-state index in [-0.39, 0.29) is 17.9 Å². The number of ether oxygens (including phenoxy) is 3. The number of esters is 1. The van der Waals surface area contributed by atoms with Gasteiger partial charge in [0.15, 0.2) is 23.6 Å². The van der Waals surface area contributed by atoms with Crippen molar-refractivity contribution < 1.29 is 39.4 Å². The highest BCUT2D eigenvalue weighted by Crippen LogP contribution is 2.68. The van der Waals surface area contributed by atoms with Gasteiger partial charge >= 0.3 is 5.97 Å². The maximum atomic E-state index is 12.1. The van der Waals surface area contributed by atoms with Crippen molar-refractivity contribution in [3.05, 3.63) is 22.8 Å². The van der Waals surface area contributed by atoms with Gasteiger partial charge in [-0.1, -0.05) is 44.9 Å². The second-order valence-electron chi connectivity index (χ2n) is 12.7. The quantitative estimate of drug-likeness (QED) is 0.340. The van der Waals surface area contributed by atoms with Crippen LogP contribution in [0.1, 0.15) is 60.3 Å². The highest BCUT2D eigenvalue weighted by molar-refractivity contribution is 5.67. The summed E-state index contributed by atoms with van der Waals surface area (Å²) in [6, 6.07) is 0. The zero-order valence-electron chi connectivity index (χ0n) is 21.2. The van der Waals surface area contributed by atoms with E-state index in [9.17, 15) is 25.2 Å². The molecular formula is C27H38O8. The molecule has 2 bridgehead atoms. The van der Waals surface area contributed by atoms with E-state index < -0.39 is 59.2 Å². The Bertz CT molecular complexity index is 1030. The predicted octanol–water partition coefficient (Wildman–Crippen LogP) is 1.60. The number of hydrogen-bond donors (Lipinski definition) is 4. The van der Waals surface area contributed by atoms with Crippen molar-refractivity contribution >= 4 is 5.97 Å². The Morgan fingerprint density at radius 2 is 1.91 bits per heavy atom. The lowest BCUT2D eigenvalue weighted by Crippen LogP contribution is -2.77.